The van der Waals surface area contributed by atoms with Crippen LogP contribution in [0.3, 0.4) is 0 Å². The van der Waals surface area contributed by atoms with Gasteiger partial charge in [-0.25, -0.2) is 0 Å². The van der Waals surface area contributed by atoms with Gasteiger partial charge in [-0.3, -0.25) is 4.79 Å². The lowest BCUT2D eigenvalue weighted by Crippen LogP contribution is -2.14. The number of carbonyl (C=O) groups excluding carboxylic acids is 1. The van der Waals surface area contributed by atoms with Crippen LogP contribution in [-0.2, 0) is 12.8 Å². The van der Waals surface area contributed by atoms with E-state index in [2.05, 4.69) is 33.9 Å². The Labute approximate surface area is 123 Å². The first-order valence-electron chi connectivity index (χ1n) is 7.21. The molecule has 1 aromatic heterocycles. The molecule has 1 aliphatic rings. The Hall–Kier alpha value is -1.55. The normalized spacial score (nSPS) is 17.8. The number of carbonyl (C=O) groups is 1. The van der Waals surface area contributed by atoms with Crippen molar-refractivity contribution >= 4 is 17.3 Å². The smallest absolute Gasteiger partial charge is 0.176 e. The van der Waals surface area contributed by atoms with Crippen LogP contribution >= 0.6 is 11.5 Å². The van der Waals surface area contributed by atoms with Gasteiger partial charge in [0.05, 0.1) is 5.69 Å². The first-order valence-corrected chi connectivity index (χ1v) is 7.99. The van der Waals surface area contributed by atoms with Crippen LogP contribution in [0.15, 0.2) is 24.3 Å². The molecule has 1 unspecified atom stereocenters. The summed E-state index contributed by atoms with van der Waals surface area (Å²) in [6.45, 7) is 2.02. The van der Waals surface area contributed by atoms with Crippen molar-refractivity contribution < 1.29 is 4.79 Å². The molecular weight excluding hydrogens is 268 g/mol. The molecule has 0 spiro atoms. The van der Waals surface area contributed by atoms with Crippen LogP contribution in [0, 0.1) is 0 Å². The lowest BCUT2D eigenvalue weighted by molar-refractivity contribution is 0.0974. The van der Waals surface area contributed by atoms with E-state index in [0.29, 0.717) is 12.3 Å². The summed E-state index contributed by atoms with van der Waals surface area (Å²) in [5, 5.41) is 4.04. The molecule has 0 aliphatic heterocycles. The second kappa shape index (κ2) is 5.83. The zero-order valence-electron chi connectivity index (χ0n) is 11.6. The third-order valence-corrected chi connectivity index (χ3v) is 4.88. The van der Waals surface area contributed by atoms with Crippen molar-refractivity contribution in [2.45, 2.75) is 44.9 Å². The van der Waals surface area contributed by atoms with Crippen molar-refractivity contribution in [1.29, 1.82) is 0 Å². The van der Waals surface area contributed by atoms with Gasteiger partial charge in [-0.2, -0.15) is 0 Å². The molecule has 0 fully saturated rings. The zero-order valence-corrected chi connectivity index (χ0v) is 12.4. The largest absolute Gasteiger partial charge is 0.293 e. The van der Waals surface area contributed by atoms with Crippen molar-refractivity contribution in [3.05, 3.63) is 46.0 Å². The predicted octanol–water partition coefficient (Wildman–Crippen LogP) is 3.79. The van der Waals surface area contributed by atoms with Gasteiger partial charge in [-0.15, -0.1) is 5.10 Å². The summed E-state index contributed by atoms with van der Waals surface area (Å²) in [6, 6.07) is 8.54. The van der Waals surface area contributed by atoms with Crippen LogP contribution in [0.25, 0.3) is 0 Å². The fourth-order valence-corrected chi connectivity index (χ4v) is 3.73. The van der Waals surface area contributed by atoms with Crippen LogP contribution in [0.4, 0.5) is 0 Å². The van der Waals surface area contributed by atoms with E-state index in [1.165, 1.54) is 29.1 Å². The Balaban J connectivity index is 1.81. The van der Waals surface area contributed by atoms with Gasteiger partial charge in [0.1, 0.15) is 4.88 Å². The predicted molar refractivity (Wildman–Crippen MR) is 80.4 cm³/mol. The maximum atomic E-state index is 12.5. The number of benzene rings is 1. The summed E-state index contributed by atoms with van der Waals surface area (Å²) in [6.07, 6.45) is 4.79. The van der Waals surface area contributed by atoms with Crippen LogP contribution in [0.1, 0.15) is 58.6 Å². The molecule has 1 atom stereocenters. The van der Waals surface area contributed by atoms with E-state index in [0.717, 1.165) is 29.8 Å². The molecule has 20 heavy (non-hydrogen) atoms. The number of aromatic nitrogens is 2. The first-order chi connectivity index (χ1) is 9.79. The summed E-state index contributed by atoms with van der Waals surface area (Å²) in [5.74, 6) is 0.567. The fourth-order valence-electron chi connectivity index (χ4n) is 3.03. The standard InChI is InChI=1S/C16H18N2OS/c1-2-14-16(20-18-17-14)15(19)10-12-8-5-7-11-6-3-4-9-13(11)12/h3-4,6,9,12H,2,5,7-8,10H2,1H3. The summed E-state index contributed by atoms with van der Waals surface area (Å²) < 4.78 is 3.92. The van der Waals surface area contributed by atoms with E-state index < -0.39 is 0 Å². The molecule has 0 bridgehead atoms. The molecule has 104 valence electrons. The highest BCUT2D eigenvalue weighted by atomic mass is 32.1. The van der Waals surface area contributed by atoms with Gasteiger partial charge in [-0.05, 0) is 54.3 Å². The summed E-state index contributed by atoms with van der Waals surface area (Å²) in [5.41, 5.74) is 3.63. The Morgan fingerprint density at radius 3 is 3.10 bits per heavy atom. The molecular formula is C16H18N2OS. The quantitative estimate of drug-likeness (QED) is 0.803. The molecule has 0 amide bonds. The van der Waals surface area contributed by atoms with E-state index in [1.807, 2.05) is 6.92 Å². The van der Waals surface area contributed by atoms with E-state index in [4.69, 9.17) is 0 Å². The van der Waals surface area contributed by atoms with E-state index in [1.54, 1.807) is 0 Å². The molecule has 0 saturated heterocycles. The number of nitrogens with zero attached hydrogens (tertiary/aromatic N) is 2. The number of aryl methyl sites for hydroxylation is 2. The first kappa shape index (κ1) is 13.4. The third-order valence-electron chi connectivity index (χ3n) is 4.07. The van der Waals surface area contributed by atoms with Gasteiger partial charge in [0.15, 0.2) is 5.78 Å². The molecule has 1 heterocycles. The number of rotatable bonds is 4. The average molecular weight is 286 g/mol. The second-order valence-electron chi connectivity index (χ2n) is 5.32. The van der Waals surface area contributed by atoms with Crippen molar-refractivity contribution in [3.63, 3.8) is 0 Å². The average Bonchev–Trinajstić information content (AvgIpc) is 2.96. The molecule has 3 rings (SSSR count). The maximum Gasteiger partial charge on any atom is 0.176 e. The van der Waals surface area contributed by atoms with Crippen molar-refractivity contribution in [2.24, 2.45) is 0 Å². The number of hydrogen-bond acceptors (Lipinski definition) is 4. The van der Waals surface area contributed by atoms with Gasteiger partial charge >= 0.3 is 0 Å². The minimum Gasteiger partial charge on any atom is -0.293 e. The van der Waals surface area contributed by atoms with Gasteiger partial charge < -0.3 is 0 Å². The Bertz CT molecular complexity index is 620. The van der Waals surface area contributed by atoms with E-state index in [9.17, 15) is 4.79 Å². The lowest BCUT2D eigenvalue weighted by Gasteiger charge is -2.24. The lowest BCUT2D eigenvalue weighted by atomic mass is 9.80. The van der Waals surface area contributed by atoms with Gasteiger partial charge in [-0.1, -0.05) is 35.7 Å². The molecule has 1 aromatic carbocycles. The minimum atomic E-state index is 0.207. The fraction of sp³-hybridized carbons (Fsp3) is 0.438. The van der Waals surface area contributed by atoms with Gasteiger partial charge in [0, 0.05) is 6.42 Å². The van der Waals surface area contributed by atoms with Crippen LogP contribution in [0.2, 0.25) is 0 Å². The minimum absolute atomic E-state index is 0.207. The Morgan fingerprint density at radius 2 is 2.25 bits per heavy atom. The van der Waals surface area contributed by atoms with E-state index in [-0.39, 0.29) is 5.78 Å². The highest BCUT2D eigenvalue weighted by Crippen LogP contribution is 2.35. The topological polar surface area (TPSA) is 42.9 Å². The molecule has 0 radical (unpaired) electrons. The number of fused-ring (bicyclic) bond motifs is 1. The Morgan fingerprint density at radius 1 is 1.40 bits per heavy atom. The van der Waals surface area contributed by atoms with Gasteiger partial charge in [0.2, 0.25) is 0 Å². The van der Waals surface area contributed by atoms with Crippen LogP contribution in [0.5, 0.6) is 0 Å². The van der Waals surface area contributed by atoms with Crippen molar-refractivity contribution in [2.75, 3.05) is 0 Å². The van der Waals surface area contributed by atoms with Crippen molar-refractivity contribution in [1.82, 2.24) is 9.59 Å². The number of Topliss-reactive ketones (excluding diaryl/α,β-unsaturated/α-hetero) is 1. The van der Waals surface area contributed by atoms with Gasteiger partial charge in [0.25, 0.3) is 0 Å². The zero-order chi connectivity index (χ0) is 13.9. The SMILES string of the molecule is CCc1nnsc1C(=O)CC1CCCc2ccccc21. The highest BCUT2D eigenvalue weighted by Gasteiger charge is 2.24. The number of ketones is 1. The second-order valence-corrected chi connectivity index (χ2v) is 6.07. The Kier molecular flexibility index (Phi) is 3.92. The molecule has 3 nitrogen and oxygen atoms in total. The molecule has 1 aliphatic carbocycles. The molecule has 2 aromatic rings. The summed E-state index contributed by atoms with van der Waals surface area (Å²) >= 11 is 1.24. The summed E-state index contributed by atoms with van der Waals surface area (Å²) in [4.78, 5) is 13.3. The monoisotopic (exact) mass is 286 g/mol. The molecule has 4 heteroatoms. The van der Waals surface area contributed by atoms with Crippen LogP contribution < -0.4 is 0 Å². The summed E-state index contributed by atoms with van der Waals surface area (Å²) in [7, 11) is 0. The molecule has 0 N–H and O–H groups in total. The van der Waals surface area contributed by atoms with Crippen molar-refractivity contribution in [3.8, 4) is 0 Å². The molecule has 0 saturated carbocycles. The van der Waals surface area contributed by atoms with Crippen LogP contribution in [-0.4, -0.2) is 15.4 Å². The number of hydrogen-bond donors (Lipinski definition) is 0. The third kappa shape index (κ3) is 2.52. The van der Waals surface area contributed by atoms with E-state index >= 15 is 0 Å². The maximum absolute atomic E-state index is 12.5. The highest BCUT2D eigenvalue weighted by molar-refractivity contribution is 7.08.